The summed E-state index contributed by atoms with van der Waals surface area (Å²) in [6, 6.07) is -8.68. The van der Waals surface area contributed by atoms with Gasteiger partial charge in [-0.05, 0) is 31.6 Å². The van der Waals surface area contributed by atoms with Crippen molar-refractivity contribution in [3.05, 3.63) is 0 Å². The molecular weight excluding hydrogens is 742 g/mol. The number of carbonyl (C=O) groups is 10. The molecule has 0 radical (unpaired) electrons. The number of primary amides is 2. The van der Waals surface area contributed by atoms with Gasteiger partial charge in [-0.3, -0.25) is 47.9 Å². The van der Waals surface area contributed by atoms with Gasteiger partial charge < -0.3 is 64.0 Å². The summed E-state index contributed by atoms with van der Waals surface area (Å²) >= 11 is 5.47. The van der Waals surface area contributed by atoms with E-state index in [0.29, 0.717) is 0 Å². The Labute approximate surface area is 316 Å². The minimum Gasteiger partial charge on any atom is -0.481 e. The molecule has 7 atom stereocenters. The van der Waals surface area contributed by atoms with Crippen LogP contribution in [0.15, 0.2) is 0 Å². The van der Waals surface area contributed by atoms with Crippen LogP contribution >= 0.6 is 11.6 Å². The average molecular weight is 794 g/mol. The topological polar surface area (TPSA) is 368 Å². The predicted octanol–water partition coefficient (Wildman–Crippen LogP) is -5.45. The van der Waals surface area contributed by atoms with Crippen LogP contribution in [0, 0.1) is 11.8 Å². The fraction of sp³-hybridized carbons (Fsp3) is 0.677. The van der Waals surface area contributed by atoms with E-state index in [1.807, 2.05) is 0 Å². The minimum absolute atomic E-state index is 0.231. The van der Waals surface area contributed by atoms with E-state index in [9.17, 15) is 58.2 Å². The molecule has 306 valence electrons. The van der Waals surface area contributed by atoms with Crippen LogP contribution in [-0.4, -0.2) is 136 Å². The summed E-state index contributed by atoms with van der Waals surface area (Å²) in [7, 11) is 0. The third-order valence-electron chi connectivity index (χ3n) is 7.57. The molecule has 0 aromatic rings. The summed E-state index contributed by atoms with van der Waals surface area (Å²) in [6.07, 6.45) is -2.96. The van der Waals surface area contributed by atoms with Gasteiger partial charge in [0.1, 0.15) is 42.1 Å². The Balaban J connectivity index is 5.61. The molecule has 23 heteroatoms. The fourth-order valence-corrected chi connectivity index (χ4v) is 4.62. The van der Waals surface area contributed by atoms with Gasteiger partial charge in [0.05, 0.1) is 19.3 Å². The van der Waals surface area contributed by atoms with E-state index in [4.69, 9.17) is 28.2 Å². The van der Waals surface area contributed by atoms with Gasteiger partial charge in [-0.25, -0.2) is 0 Å². The van der Waals surface area contributed by atoms with Gasteiger partial charge in [0, 0.05) is 12.8 Å². The molecule has 54 heavy (non-hydrogen) atoms. The third kappa shape index (κ3) is 18.1. The zero-order chi connectivity index (χ0) is 41.9. The van der Waals surface area contributed by atoms with E-state index in [0.717, 1.165) is 6.92 Å². The highest BCUT2D eigenvalue weighted by Crippen LogP contribution is 2.07. The van der Waals surface area contributed by atoms with Crippen LogP contribution in [0.1, 0.15) is 60.3 Å². The highest BCUT2D eigenvalue weighted by Gasteiger charge is 2.34. The smallest absolute Gasteiger partial charge is 0.303 e. The summed E-state index contributed by atoms with van der Waals surface area (Å²) in [5.41, 5.74) is 10.3. The van der Waals surface area contributed by atoms with E-state index in [2.05, 4.69) is 37.2 Å². The van der Waals surface area contributed by atoms with Crippen molar-refractivity contribution in [3.8, 4) is 0 Å². The van der Waals surface area contributed by atoms with Gasteiger partial charge in [0.2, 0.25) is 53.2 Å². The average Bonchev–Trinajstić information content (AvgIpc) is 3.08. The van der Waals surface area contributed by atoms with E-state index < -0.39 is 139 Å². The maximum atomic E-state index is 13.2. The van der Waals surface area contributed by atoms with Crippen molar-refractivity contribution in [2.24, 2.45) is 23.3 Å². The number of aliphatic hydroxyl groups is 2. The molecule has 0 unspecified atom stereocenters. The normalized spacial score (nSPS) is 14.9. The van der Waals surface area contributed by atoms with Gasteiger partial charge in [-0.1, -0.05) is 27.7 Å². The maximum absolute atomic E-state index is 13.2. The van der Waals surface area contributed by atoms with Crippen LogP contribution in [0.25, 0.3) is 0 Å². The lowest BCUT2D eigenvalue weighted by Gasteiger charge is -2.28. The molecule has 0 aliphatic heterocycles. The number of hydrogen-bond donors (Lipinski definition) is 12. The third-order valence-corrected chi connectivity index (χ3v) is 7.82. The number of carbonyl (C=O) groups excluding carboxylic acids is 9. The first-order valence-electron chi connectivity index (χ1n) is 16.8. The molecule has 9 amide bonds. The molecule has 0 saturated heterocycles. The van der Waals surface area contributed by atoms with E-state index >= 15 is 0 Å². The number of carboxylic acids is 1. The summed E-state index contributed by atoms with van der Waals surface area (Å²) < 4.78 is 0. The first kappa shape index (κ1) is 48.9. The monoisotopic (exact) mass is 793 g/mol. The van der Waals surface area contributed by atoms with E-state index in [1.165, 1.54) is 0 Å². The highest BCUT2D eigenvalue weighted by atomic mass is 35.5. The lowest BCUT2D eigenvalue weighted by Crippen LogP contribution is -2.61. The number of halogens is 1. The first-order chi connectivity index (χ1) is 25.0. The number of nitrogens with two attached hydrogens (primary N) is 2. The van der Waals surface area contributed by atoms with E-state index in [-0.39, 0.29) is 19.3 Å². The Morgan fingerprint density at radius 2 is 1.07 bits per heavy atom. The Kier molecular flexibility index (Phi) is 22.0. The van der Waals surface area contributed by atoms with Crippen LogP contribution in [0.2, 0.25) is 0 Å². The van der Waals surface area contributed by atoms with E-state index in [1.54, 1.807) is 27.7 Å². The van der Waals surface area contributed by atoms with Gasteiger partial charge in [-0.15, -0.1) is 11.6 Å². The van der Waals surface area contributed by atoms with Gasteiger partial charge in [0.25, 0.3) is 0 Å². The zero-order valence-corrected chi connectivity index (χ0v) is 31.4. The summed E-state index contributed by atoms with van der Waals surface area (Å²) in [6.45, 7) is 5.70. The molecule has 0 aromatic heterocycles. The van der Waals surface area contributed by atoms with Crippen LogP contribution in [-0.2, 0) is 47.9 Å². The molecule has 0 aliphatic rings. The fourth-order valence-electron chi connectivity index (χ4n) is 4.54. The molecule has 0 bridgehead atoms. The van der Waals surface area contributed by atoms with Crippen molar-refractivity contribution in [3.63, 3.8) is 0 Å². The second-order valence-electron chi connectivity index (χ2n) is 12.9. The molecule has 0 saturated carbocycles. The van der Waals surface area contributed by atoms with Crippen LogP contribution in [0.4, 0.5) is 0 Å². The Morgan fingerprint density at radius 1 is 0.593 bits per heavy atom. The highest BCUT2D eigenvalue weighted by molar-refractivity contribution is 6.27. The molecule has 22 nitrogen and oxygen atoms in total. The van der Waals surface area contributed by atoms with Gasteiger partial charge in [0.15, 0.2) is 0 Å². The van der Waals surface area contributed by atoms with Crippen molar-refractivity contribution in [1.82, 2.24) is 37.2 Å². The molecule has 14 N–H and O–H groups in total. The standard InChI is InChI=1S/C31H52ClN9O13/c1-13(2)23(40-31(54)25(15(5)43)41-27(50)17(7-9-22(47)48)36-20(45)10-32)29(52)35-11-21(46)39-24(14(3)4)30(53)38-18(12-42)28(51)37-16(26(34)49)6-8-19(33)44/h13-18,23-25,42-43H,6-12H2,1-5H3,(H2,33,44)(H2,34,49)(H,35,52)(H,36,45)(H,37,51)(H,38,53)(H,39,46)(H,40,54)(H,41,50)(H,47,48)/t15-,16+,17+,18+,23+,24+,25+/m1/s1. The van der Waals surface area contributed by atoms with Crippen LogP contribution in [0.5, 0.6) is 0 Å². The minimum atomic E-state index is -1.68. The Bertz CT molecular complexity index is 1380. The number of rotatable bonds is 25. The Morgan fingerprint density at radius 3 is 1.54 bits per heavy atom. The Hall–Kier alpha value is -5.09. The van der Waals surface area contributed by atoms with Crippen LogP contribution in [0.3, 0.4) is 0 Å². The quantitative estimate of drug-likeness (QED) is 0.0385. The molecule has 0 heterocycles. The van der Waals surface area contributed by atoms with Crippen molar-refractivity contribution in [1.29, 1.82) is 0 Å². The molecule has 0 fully saturated rings. The predicted molar refractivity (Wildman–Crippen MR) is 188 cm³/mol. The lowest BCUT2D eigenvalue weighted by atomic mass is 10.0. The summed E-state index contributed by atoms with van der Waals surface area (Å²) in [4.78, 5) is 123. The summed E-state index contributed by atoms with van der Waals surface area (Å²) in [5, 5.41) is 45.0. The van der Waals surface area contributed by atoms with Crippen molar-refractivity contribution in [2.45, 2.75) is 103 Å². The number of aliphatic carboxylic acids is 1. The maximum Gasteiger partial charge on any atom is 0.303 e. The summed E-state index contributed by atoms with van der Waals surface area (Å²) in [5.74, 6) is -11.3. The second-order valence-corrected chi connectivity index (χ2v) is 13.1. The van der Waals surface area contributed by atoms with Crippen LogP contribution < -0.4 is 48.7 Å². The largest absolute Gasteiger partial charge is 0.481 e. The first-order valence-corrected chi connectivity index (χ1v) is 17.3. The molecule has 0 aliphatic carbocycles. The number of carboxylic acid groups (broad SMARTS) is 1. The number of hydrogen-bond acceptors (Lipinski definition) is 12. The van der Waals surface area contributed by atoms with Gasteiger partial charge in [-0.2, -0.15) is 0 Å². The molecule has 0 rings (SSSR count). The van der Waals surface area contributed by atoms with Crippen molar-refractivity contribution in [2.75, 3.05) is 19.0 Å². The number of amides is 9. The SMILES string of the molecule is CC(C)[C@H](NC(=O)CNC(=O)[C@@H](NC(=O)[C@@H](NC(=O)[C@H](CCC(=O)O)NC(=O)CCl)[C@@H](C)O)C(C)C)C(=O)N[C@@H](CO)C(=O)N[C@@H](CCC(N)=O)C(N)=O. The molecule has 0 spiro atoms. The van der Waals surface area contributed by atoms with Crippen molar-refractivity contribution < 1.29 is 63.3 Å². The zero-order valence-electron chi connectivity index (χ0n) is 30.6. The van der Waals surface area contributed by atoms with Gasteiger partial charge >= 0.3 is 5.97 Å². The second kappa shape index (κ2) is 24.3. The number of nitrogens with one attached hydrogen (secondary N) is 7. The number of alkyl halides is 1. The molecule has 0 aromatic carbocycles. The number of aliphatic hydroxyl groups excluding tert-OH is 2. The van der Waals surface area contributed by atoms with Crippen molar-refractivity contribution >= 4 is 70.7 Å². The molecular formula is C31H52ClN9O13. The lowest BCUT2D eigenvalue weighted by molar-refractivity contribution is -0.139.